The van der Waals surface area contributed by atoms with Gasteiger partial charge in [-0.1, -0.05) is 145 Å². The third kappa shape index (κ3) is 27.4. The summed E-state index contributed by atoms with van der Waals surface area (Å²) in [7, 11) is 0. The Morgan fingerprint density at radius 2 is 1.20 bits per heavy atom. The van der Waals surface area contributed by atoms with Gasteiger partial charge in [-0.25, -0.2) is 4.79 Å². The van der Waals surface area contributed by atoms with Gasteiger partial charge in [0.25, 0.3) is 0 Å². The van der Waals surface area contributed by atoms with Crippen molar-refractivity contribution in [1.29, 1.82) is 0 Å². The van der Waals surface area contributed by atoms with Crippen LogP contribution in [0, 0.1) is 0 Å². The number of hydrogen-bond acceptors (Lipinski definition) is 10. The smallest absolute Gasteiger partial charge is 0.331 e. The van der Waals surface area contributed by atoms with Crippen LogP contribution in [0.4, 0.5) is 0 Å². The van der Waals surface area contributed by atoms with E-state index in [1.54, 1.807) is 12.2 Å². The Hall–Kier alpha value is -2.86. The van der Waals surface area contributed by atoms with Crippen LogP contribution in [0.2, 0.25) is 0 Å². The van der Waals surface area contributed by atoms with Crippen LogP contribution in [-0.2, 0) is 28.5 Å². The van der Waals surface area contributed by atoms with Gasteiger partial charge in [0.2, 0.25) is 0 Å². The molecule has 0 radical (unpaired) electrons. The van der Waals surface area contributed by atoms with Gasteiger partial charge in [-0.05, 0) is 57.8 Å². The molecule has 0 aromatic rings. The number of hydrogen-bond donors (Lipinski definition) is 4. The predicted molar refractivity (Wildman–Crippen MR) is 219 cm³/mol. The van der Waals surface area contributed by atoms with E-state index in [-0.39, 0.29) is 19.6 Å². The molecule has 0 saturated carbocycles. The van der Waals surface area contributed by atoms with Gasteiger partial charge in [0.05, 0.1) is 13.2 Å². The molecule has 0 amide bonds. The summed E-state index contributed by atoms with van der Waals surface area (Å²) in [6.07, 6.45) is 36.9. The normalized spacial score (nSPS) is 21.3. The second-order valence-corrected chi connectivity index (χ2v) is 14.1. The molecule has 314 valence electrons. The van der Waals surface area contributed by atoms with E-state index < -0.39 is 55.4 Å². The highest BCUT2D eigenvalue weighted by molar-refractivity contribution is 5.82. The van der Waals surface area contributed by atoms with Crippen molar-refractivity contribution in [2.24, 2.45) is 0 Å². The maximum absolute atomic E-state index is 12.6. The summed E-state index contributed by atoms with van der Waals surface area (Å²) < 4.78 is 21.9. The molecule has 2 unspecified atom stereocenters. The summed E-state index contributed by atoms with van der Waals surface area (Å²) in [4.78, 5) is 25.1. The summed E-state index contributed by atoms with van der Waals surface area (Å²) in [6.45, 7) is 3.13. The summed E-state index contributed by atoms with van der Waals surface area (Å²) in [5.41, 5.74) is 0. The molecule has 1 rings (SSSR count). The molecule has 1 aliphatic heterocycles. The Labute approximate surface area is 332 Å². The van der Waals surface area contributed by atoms with Gasteiger partial charge in [0.1, 0.15) is 31.0 Å². The average molecular weight is 775 g/mol. The van der Waals surface area contributed by atoms with E-state index in [0.29, 0.717) is 6.42 Å². The summed E-state index contributed by atoms with van der Waals surface area (Å²) >= 11 is 0. The van der Waals surface area contributed by atoms with Crippen molar-refractivity contribution in [3.8, 4) is 0 Å². The first-order chi connectivity index (χ1) is 26.8. The average Bonchev–Trinajstić information content (AvgIpc) is 3.18. The van der Waals surface area contributed by atoms with Crippen molar-refractivity contribution in [2.75, 3.05) is 19.8 Å². The highest BCUT2D eigenvalue weighted by Crippen LogP contribution is 2.22. The van der Waals surface area contributed by atoms with Crippen LogP contribution < -0.4 is 0 Å². The van der Waals surface area contributed by atoms with Crippen molar-refractivity contribution < 1.29 is 49.0 Å². The lowest BCUT2D eigenvalue weighted by Gasteiger charge is -2.39. The molecule has 0 aromatic heterocycles. The molecule has 1 aliphatic rings. The van der Waals surface area contributed by atoms with Crippen LogP contribution in [0.3, 0.4) is 0 Å². The minimum Gasteiger partial charge on any atom is -0.462 e. The number of ether oxygens (including phenoxy) is 4. The third-order valence-corrected chi connectivity index (χ3v) is 9.18. The van der Waals surface area contributed by atoms with Gasteiger partial charge in [0, 0.05) is 12.5 Å². The number of allylic oxidation sites excluding steroid dienone is 11. The van der Waals surface area contributed by atoms with Gasteiger partial charge >= 0.3 is 11.9 Å². The highest BCUT2D eigenvalue weighted by Gasteiger charge is 2.44. The predicted octanol–water partition coefficient (Wildman–Crippen LogP) is 8.44. The molecule has 0 spiro atoms. The molecule has 0 bridgehead atoms. The molecule has 10 heteroatoms. The fourth-order valence-corrected chi connectivity index (χ4v) is 5.85. The van der Waals surface area contributed by atoms with Gasteiger partial charge in [0.15, 0.2) is 12.4 Å². The van der Waals surface area contributed by atoms with Gasteiger partial charge in [-0.2, -0.15) is 0 Å². The zero-order valence-corrected chi connectivity index (χ0v) is 33.9. The van der Waals surface area contributed by atoms with Crippen molar-refractivity contribution in [3.05, 3.63) is 72.9 Å². The summed E-state index contributed by atoms with van der Waals surface area (Å²) in [6, 6.07) is 0. The molecular formula is C45H74O10. The first-order valence-electron chi connectivity index (χ1n) is 21.0. The van der Waals surface area contributed by atoms with E-state index in [2.05, 4.69) is 62.5 Å². The van der Waals surface area contributed by atoms with Crippen molar-refractivity contribution in [2.45, 2.75) is 179 Å². The second kappa shape index (κ2) is 35.5. The first-order valence-corrected chi connectivity index (χ1v) is 21.0. The molecule has 0 aliphatic carbocycles. The monoisotopic (exact) mass is 775 g/mol. The molecule has 1 fully saturated rings. The van der Waals surface area contributed by atoms with Crippen LogP contribution >= 0.6 is 0 Å². The molecule has 0 aromatic carbocycles. The Kier molecular flexibility index (Phi) is 32.4. The summed E-state index contributed by atoms with van der Waals surface area (Å²) in [5, 5.41) is 40.0. The highest BCUT2D eigenvalue weighted by atomic mass is 16.7. The topological polar surface area (TPSA) is 152 Å². The summed E-state index contributed by atoms with van der Waals surface area (Å²) in [5.74, 6) is -1.12. The third-order valence-electron chi connectivity index (χ3n) is 9.18. The maximum Gasteiger partial charge on any atom is 0.331 e. The lowest BCUT2D eigenvalue weighted by Crippen LogP contribution is -2.59. The number of carbonyl (C=O) groups excluding carboxylic acids is 2. The largest absolute Gasteiger partial charge is 0.462 e. The van der Waals surface area contributed by atoms with Crippen molar-refractivity contribution >= 4 is 11.9 Å². The van der Waals surface area contributed by atoms with E-state index in [9.17, 15) is 30.0 Å². The van der Waals surface area contributed by atoms with E-state index in [1.165, 1.54) is 70.3 Å². The van der Waals surface area contributed by atoms with Crippen LogP contribution in [0.25, 0.3) is 0 Å². The van der Waals surface area contributed by atoms with E-state index in [1.807, 2.05) is 6.08 Å². The first kappa shape index (κ1) is 50.2. The van der Waals surface area contributed by atoms with E-state index in [4.69, 9.17) is 18.9 Å². The zero-order chi connectivity index (χ0) is 40.2. The number of rotatable bonds is 33. The number of esters is 2. The lowest BCUT2D eigenvalue weighted by molar-refractivity contribution is -0.305. The molecule has 1 saturated heterocycles. The molecular weight excluding hydrogens is 700 g/mol. The minimum absolute atomic E-state index is 0.200. The van der Waals surface area contributed by atoms with Crippen LogP contribution in [0.1, 0.15) is 142 Å². The lowest BCUT2D eigenvalue weighted by atomic mass is 9.99. The van der Waals surface area contributed by atoms with Gasteiger partial charge in [-0.3, -0.25) is 4.79 Å². The molecule has 10 nitrogen and oxygen atoms in total. The SMILES string of the molecule is CC/C=C/C/C=C/C/C=C/C/C=C/CCCCC(=O)OC[C@@H](CO[C@H]1O[C@@H](CO)[C@@H](O)C(O)C1O)OC(=O)/C=C/C=C/CCCCCCCCCCCCC. The molecule has 6 atom stereocenters. The Bertz CT molecular complexity index is 1120. The van der Waals surface area contributed by atoms with Gasteiger partial charge < -0.3 is 39.4 Å². The number of carbonyl (C=O) groups is 2. The Balaban J connectivity index is 2.46. The Morgan fingerprint density at radius 3 is 1.82 bits per heavy atom. The maximum atomic E-state index is 12.6. The zero-order valence-electron chi connectivity index (χ0n) is 33.9. The molecule has 4 N–H and O–H groups in total. The van der Waals surface area contributed by atoms with Crippen LogP contribution in [-0.4, -0.2) is 89.0 Å². The fourth-order valence-electron chi connectivity index (χ4n) is 5.85. The van der Waals surface area contributed by atoms with Crippen molar-refractivity contribution in [1.82, 2.24) is 0 Å². The van der Waals surface area contributed by atoms with Crippen LogP contribution in [0.5, 0.6) is 0 Å². The second-order valence-electron chi connectivity index (χ2n) is 14.1. The van der Waals surface area contributed by atoms with E-state index in [0.717, 1.165) is 51.4 Å². The van der Waals surface area contributed by atoms with Gasteiger partial charge in [-0.15, -0.1) is 0 Å². The number of aliphatic hydroxyl groups excluding tert-OH is 4. The quantitative estimate of drug-likeness (QED) is 0.0168. The number of unbranched alkanes of at least 4 members (excludes halogenated alkanes) is 13. The Morgan fingerprint density at radius 1 is 0.636 bits per heavy atom. The van der Waals surface area contributed by atoms with Crippen LogP contribution in [0.15, 0.2) is 72.9 Å². The fraction of sp³-hybridized carbons (Fsp3) is 0.689. The molecule has 1 heterocycles. The van der Waals surface area contributed by atoms with Crippen molar-refractivity contribution in [3.63, 3.8) is 0 Å². The molecule has 55 heavy (non-hydrogen) atoms. The number of aliphatic hydroxyl groups is 4. The van der Waals surface area contributed by atoms with E-state index >= 15 is 0 Å². The standard InChI is InChI=1S/C45H74O10/c1-3-5-7-9-11-13-15-17-19-21-23-25-27-29-31-33-40(47)52-36-38(37-53-45-44(51)43(50)42(49)39(35-46)55-45)54-41(48)34-32-30-28-26-24-22-20-18-16-14-12-10-8-6-4-2/h5,7,11,13,17,19,23,25,28,30,32,34,38-39,42-46,49-51H,3-4,6,8-10,12,14-16,18,20-22,24,26-27,29,31,33,35-37H2,1-2H3/b7-5+,13-11+,19-17+,25-23+,30-28+,34-32+/t38-,39-,42+,43?,44?,45-/m0/s1. The minimum atomic E-state index is -1.62.